The molecule has 0 atom stereocenters. The number of halogens is 3. The quantitative estimate of drug-likeness (QED) is 0.420. The van der Waals surface area contributed by atoms with Crippen molar-refractivity contribution in [2.45, 2.75) is 33.2 Å². The first-order valence-corrected chi connectivity index (χ1v) is 9.75. The SMILES string of the molecule is Cc1c(C(=O)N(c2ccccc2)C(C)C)oc2nc(-c3ccc(OC(F)(F)F)cc3)nn12. The summed E-state index contributed by atoms with van der Waals surface area (Å²) < 4.78 is 48.0. The minimum atomic E-state index is -4.77. The molecule has 0 saturated carbocycles. The second-order valence-corrected chi connectivity index (χ2v) is 7.32. The average molecular weight is 444 g/mol. The minimum Gasteiger partial charge on any atom is -0.416 e. The number of hydrogen-bond donors (Lipinski definition) is 0. The van der Waals surface area contributed by atoms with Gasteiger partial charge >= 0.3 is 12.2 Å². The summed E-state index contributed by atoms with van der Waals surface area (Å²) in [7, 11) is 0. The minimum absolute atomic E-state index is 0.105. The fourth-order valence-electron chi connectivity index (χ4n) is 3.32. The van der Waals surface area contributed by atoms with Crippen molar-refractivity contribution >= 4 is 17.4 Å². The summed E-state index contributed by atoms with van der Waals surface area (Å²) in [6.45, 7) is 5.49. The molecule has 2 aromatic carbocycles. The number of alkyl halides is 3. The standard InChI is InChI=1S/C22H19F3N4O3/c1-13(2)28(16-7-5-4-6-8-16)20(30)18-14(3)29-21(31-18)26-19(27-29)15-9-11-17(12-10-15)32-22(23,24)25/h4-13H,1-3H3. The van der Waals surface area contributed by atoms with E-state index in [1.54, 1.807) is 11.8 Å². The molecule has 166 valence electrons. The van der Waals surface area contributed by atoms with E-state index in [1.165, 1.54) is 28.8 Å². The second kappa shape index (κ2) is 8.03. The van der Waals surface area contributed by atoms with Crippen LogP contribution >= 0.6 is 0 Å². The third-order valence-electron chi connectivity index (χ3n) is 4.73. The van der Waals surface area contributed by atoms with Gasteiger partial charge in [-0.3, -0.25) is 4.79 Å². The zero-order chi connectivity index (χ0) is 23.0. The number of benzene rings is 2. The van der Waals surface area contributed by atoms with Gasteiger partial charge in [0.25, 0.3) is 5.91 Å². The van der Waals surface area contributed by atoms with Gasteiger partial charge in [0.15, 0.2) is 5.82 Å². The molecular weight excluding hydrogens is 425 g/mol. The van der Waals surface area contributed by atoms with Gasteiger partial charge in [0, 0.05) is 17.3 Å². The van der Waals surface area contributed by atoms with E-state index >= 15 is 0 Å². The van der Waals surface area contributed by atoms with Gasteiger partial charge < -0.3 is 14.1 Å². The van der Waals surface area contributed by atoms with Gasteiger partial charge in [-0.05, 0) is 57.2 Å². The van der Waals surface area contributed by atoms with Crippen LogP contribution in [0.15, 0.2) is 59.0 Å². The number of amides is 1. The van der Waals surface area contributed by atoms with Crippen molar-refractivity contribution in [2.75, 3.05) is 4.90 Å². The molecule has 1 amide bonds. The molecule has 4 aromatic rings. The highest BCUT2D eigenvalue weighted by Gasteiger charge is 2.31. The Balaban J connectivity index is 1.64. The van der Waals surface area contributed by atoms with E-state index in [9.17, 15) is 18.0 Å². The van der Waals surface area contributed by atoms with Crippen LogP contribution in [0.4, 0.5) is 18.9 Å². The van der Waals surface area contributed by atoms with Gasteiger partial charge in [0.05, 0.1) is 5.69 Å². The van der Waals surface area contributed by atoms with Crippen molar-refractivity contribution in [3.8, 4) is 17.1 Å². The monoisotopic (exact) mass is 444 g/mol. The number of fused-ring (bicyclic) bond motifs is 1. The molecule has 7 nitrogen and oxygen atoms in total. The normalized spacial score (nSPS) is 11.8. The number of anilines is 1. The maximum Gasteiger partial charge on any atom is 0.573 e. The largest absolute Gasteiger partial charge is 0.573 e. The number of oxazole rings is 1. The number of hydrogen-bond acceptors (Lipinski definition) is 5. The summed E-state index contributed by atoms with van der Waals surface area (Å²) in [6.07, 6.45) is -4.77. The maximum absolute atomic E-state index is 13.2. The molecule has 0 aliphatic heterocycles. The molecule has 0 saturated heterocycles. The molecule has 0 aliphatic carbocycles. The first kappa shape index (κ1) is 21.4. The molecule has 0 spiro atoms. The Bertz CT molecular complexity index is 1250. The molecule has 10 heteroatoms. The fraction of sp³-hybridized carbons (Fsp3) is 0.227. The van der Waals surface area contributed by atoms with Crippen molar-refractivity contribution in [3.63, 3.8) is 0 Å². The lowest BCUT2D eigenvalue weighted by Gasteiger charge is -2.26. The first-order valence-electron chi connectivity index (χ1n) is 9.75. The Hall–Kier alpha value is -3.82. The molecule has 32 heavy (non-hydrogen) atoms. The van der Waals surface area contributed by atoms with Crippen LogP contribution in [0, 0.1) is 6.92 Å². The van der Waals surface area contributed by atoms with Crippen LogP contribution in [-0.2, 0) is 0 Å². The van der Waals surface area contributed by atoms with Gasteiger partial charge in [-0.25, -0.2) is 0 Å². The molecule has 0 bridgehead atoms. The lowest BCUT2D eigenvalue weighted by atomic mass is 10.2. The zero-order valence-electron chi connectivity index (χ0n) is 17.4. The van der Waals surface area contributed by atoms with E-state index in [-0.39, 0.29) is 35.1 Å². The number of aryl methyl sites for hydroxylation is 1. The topological polar surface area (TPSA) is 72.9 Å². The number of aromatic nitrogens is 3. The number of carbonyl (C=O) groups is 1. The maximum atomic E-state index is 13.2. The van der Waals surface area contributed by atoms with Gasteiger partial charge in [0.2, 0.25) is 5.76 Å². The number of ether oxygens (including phenoxy) is 1. The number of carbonyl (C=O) groups excluding carboxylic acids is 1. The van der Waals surface area contributed by atoms with E-state index in [2.05, 4.69) is 14.8 Å². The molecule has 0 aliphatic rings. The van der Waals surface area contributed by atoms with Gasteiger partial charge in [0.1, 0.15) is 5.75 Å². The summed E-state index contributed by atoms with van der Waals surface area (Å²) in [4.78, 5) is 19.1. The highest BCUT2D eigenvalue weighted by molar-refractivity contribution is 6.05. The summed E-state index contributed by atoms with van der Waals surface area (Å²) in [5.74, 6) is -0.214. The molecule has 0 N–H and O–H groups in total. The van der Waals surface area contributed by atoms with Crippen molar-refractivity contribution in [1.29, 1.82) is 0 Å². The predicted molar refractivity (Wildman–Crippen MR) is 110 cm³/mol. The summed E-state index contributed by atoms with van der Waals surface area (Å²) in [5, 5.41) is 4.34. The summed E-state index contributed by atoms with van der Waals surface area (Å²) >= 11 is 0. The van der Waals surface area contributed by atoms with Crippen molar-refractivity contribution in [3.05, 3.63) is 66.1 Å². The van der Waals surface area contributed by atoms with Crippen molar-refractivity contribution < 1.29 is 27.1 Å². The Kier molecular flexibility index (Phi) is 5.37. The Labute approximate surface area is 181 Å². The lowest BCUT2D eigenvalue weighted by Crippen LogP contribution is -2.37. The molecule has 4 rings (SSSR count). The van der Waals surface area contributed by atoms with Crippen molar-refractivity contribution in [1.82, 2.24) is 14.6 Å². The van der Waals surface area contributed by atoms with Crippen LogP contribution in [0.25, 0.3) is 17.2 Å². The van der Waals surface area contributed by atoms with E-state index in [0.29, 0.717) is 11.3 Å². The van der Waals surface area contributed by atoms with Gasteiger partial charge in [-0.15, -0.1) is 18.3 Å². The van der Waals surface area contributed by atoms with Crippen molar-refractivity contribution in [2.24, 2.45) is 0 Å². The molecule has 0 fully saturated rings. The molecule has 2 aromatic heterocycles. The van der Waals surface area contributed by atoms with E-state index < -0.39 is 6.36 Å². The van der Waals surface area contributed by atoms with Crippen LogP contribution < -0.4 is 9.64 Å². The lowest BCUT2D eigenvalue weighted by molar-refractivity contribution is -0.274. The van der Waals surface area contributed by atoms with E-state index in [4.69, 9.17) is 4.42 Å². The zero-order valence-corrected chi connectivity index (χ0v) is 17.4. The Morgan fingerprint density at radius 3 is 2.31 bits per heavy atom. The van der Waals surface area contributed by atoms with Crippen LogP contribution in [0.1, 0.15) is 30.1 Å². The molecule has 2 heterocycles. The number of nitrogens with zero attached hydrogens (tertiary/aromatic N) is 4. The highest BCUT2D eigenvalue weighted by atomic mass is 19.4. The summed E-state index contributed by atoms with van der Waals surface area (Å²) in [5.41, 5.74) is 1.66. The van der Waals surface area contributed by atoms with E-state index in [0.717, 1.165) is 5.69 Å². The third kappa shape index (κ3) is 4.16. The van der Waals surface area contributed by atoms with Gasteiger partial charge in [-0.2, -0.15) is 9.50 Å². The average Bonchev–Trinajstić information content (AvgIpc) is 3.27. The van der Waals surface area contributed by atoms with Crippen LogP contribution in [-0.4, -0.2) is 32.9 Å². The van der Waals surface area contributed by atoms with E-state index in [1.807, 2.05) is 44.2 Å². The number of para-hydroxylation sites is 1. The van der Waals surface area contributed by atoms with Crippen LogP contribution in [0.5, 0.6) is 5.75 Å². The highest BCUT2D eigenvalue weighted by Crippen LogP contribution is 2.27. The van der Waals surface area contributed by atoms with Crippen LogP contribution in [0.2, 0.25) is 0 Å². The summed E-state index contributed by atoms with van der Waals surface area (Å²) in [6, 6.07) is 14.3. The Morgan fingerprint density at radius 2 is 1.75 bits per heavy atom. The molecule has 0 radical (unpaired) electrons. The first-order chi connectivity index (χ1) is 15.1. The molecule has 0 unspecified atom stereocenters. The van der Waals surface area contributed by atoms with Gasteiger partial charge in [-0.1, -0.05) is 18.2 Å². The van der Waals surface area contributed by atoms with Crippen LogP contribution in [0.3, 0.4) is 0 Å². The predicted octanol–water partition coefficient (Wildman–Crippen LogP) is 5.25. The Morgan fingerprint density at radius 1 is 1.09 bits per heavy atom. The number of rotatable bonds is 5. The molecular formula is C22H19F3N4O3. The fourth-order valence-corrected chi connectivity index (χ4v) is 3.32. The smallest absolute Gasteiger partial charge is 0.416 e. The third-order valence-corrected chi connectivity index (χ3v) is 4.73. The second-order valence-electron chi connectivity index (χ2n) is 7.32.